The topological polar surface area (TPSA) is 51.8 Å². The molecule has 0 spiro atoms. The molecule has 11 rings (SSSR count). The zero-order valence-electron chi connectivity index (χ0n) is 32.2. The van der Waals surface area contributed by atoms with Gasteiger partial charge >= 0.3 is 0 Å². The number of para-hydroxylation sites is 1. The van der Waals surface area contributed by atoms with Crippen LogP contribution in [0.25, 0.3) is 101 Å². The molecule has 1 atom stereocenters. The van der Waals surface area contributed by atoms with Gasteiger partial charge in [-0.3, -0.25) is 0 Å². The fourth-order valence-corrected chi connectivity index (χ4v) is 8.75. The normalized spacial score (nSPS) is 14.9. The van der Waals surface area contributed by atoms with Crippen molar-refractivity contribution < 1.29 is 4.42 Å². The van der Waals surface area contributed by atoms with Crippen LogP contribution in [-0.2, 0) is 0 Å². The molecule has 7 aromatic carbocycles. The van der Waals surface area contributed by atoms with Gasteiger partial charge in [-0.15, -0.1) is 0 Å². The number of hydrogen-bond donors (Lipinski definition) is 0. The number of rotatable bonds is 6. The molecule has 2 aliphatic rings. The molecule has 2 aromatic heterocycles. The van der Waals surface area contributed by atoms with E-state index in [1.807, 2.05) is 18.2 Å². The number of benzene rings is 7. The van der Waals surface area contributed by atoms with E-state index in [1.54, 1.807) is 0 Å². The van der Waals surface area contributed by atoms with E-state index >= 15 is 0 Å². The largest absolute Gasteiger partial charge is 0.456 e. The molecule has 4 heteroatoms. The van der Waals surface area contributed by atoms with Crippen molar-refractivity contribution in [1.82, 2.24) is 15.0 Å². The van der Waals surface area contributed by atoms with Gasteiger partial charge in [0.15, 0.2) is 17.5 Å². The Morgan fingerprint density at radius 2 is 1.24 bits per heavy atom. The third-order valence-corrected chi connectivity index (χ3v) is 11.8. The van der Waals surface area contributed by atoms with Crippen molar-refractivity contribution in [3.63, 3.8) is 0 Å². The maximum Gasteiger partial charge on any atom is 0.164 e. The summed E-state index contributed by atoms with van der Waals surface area (Å²) >= 11 is 0. The van der Waals surface area contributed by atoms with Gasteiger partial charge in [0.1, 0.15) is 11.2 Å². The van der Waals surface area contributed by atoms with Gasteiger partial charge in [-0.2, -0.15) is 0 Å². The minimum Gasteiger partial charge on any atom is -0.456 e. The maximum atomic E-state index is 6.56. The van der Waals surface area contributed by atoms with Gasteiger partial charge in [-0.25, -0.2) is 15.0 Å². The van der Waals surface area contributed by atoms with Crippen LogP contribution >= 0.6 is 0 Å². The average Bonchev–Trinajstić information content (AvgIpc) is 3.67. The smallest absolute Gasteiger partial charge is 0.164 e. The summed E-state index contributed by atoms with van der Waals surface area (Å²) in [4.78, 5) is 16.1. The summed E-state index contributed by atoms with van der Waals surface area (Å²) in [5, 5.41) is 4.45. The van der Waals surface area contributed by atoms with E-state index < -0.39 is 0 Å². The van der Waals surface area contributed by atoms with Gasteiger partial charge in [0.25, 0.3) is 0 Å². The molecule has 58 heavy (non-hydrogen) atoms. The van der Waals surface area contributed by atoms with Crippen LogP contribution in [-0.4, -0.2) is 15.0 Å². The highest BCUT2D eigenvalue weighted by Gasteiger charge is 2.22. The Hall–Kier alpha value is -7.17. The minimum absolute atomic E-state index is 0.403. The predicted molar refractivity (Wildman–Crippen MR) is 240 cm³/mol. The standard InChI is InChI=1S/C54H39N3O/c1-34-13-12-20-38-24-26-41(30-46(34)38)52-55-53(42-27-28-44(37-17-6-3-7-18-37)47(31-42)40-25-23-36-16-8-9-19-39(36)29-40)57-54(56-52)48-32-43(35-14-4-2-5-15-35)33-50-51(48)45-21-10-11-22-49(45)58-50/h2,4-6,8-12,14-34H,3,7,13H2,1H3. The lowest BCUT2D eigenvalue weighted by atomic mass is 9.87. The van der Waals surface area contributed by atoms with Crippen LogP contribution in [0.1, 0.15) is 48.8 Å². The average molecular weight is 746 g/mol. The highest BCUT2D eigenvalue weighted by Crippen LogP contribution is 2.42. The van der Waals surface area contributed by atoms with Crippen molar-refractivity contribution in [2.24, 2.45) is 0 Å². The Bertz CT molecular complexity index is 3170. The van der Waals surface area contributed by atoms with Crippen LogP contribution in [0.2, 0.25) is 0 Å². The van der Waals surface area contributed by atoms with E-state index in [0.717, 1.165) is 80.1 Å². The van der Waals surface area contributed by atoms with Crippen LogP contribution in [0.3, 0.4) is 0 Å². The molecule has 276 valence electrons. The lowest BCUT2D eigenvalue weighted by molar-refractivity contribution is 0.669. The molecule has 2 aliphatic carbocycles. The van der Waals surface area contributed by atoms with Crippen molar-refractivity contribution in [3.05, 3.63) is 187 Å². The Labute approximate surface area is 337 Å². The number of aromatic nitrogens is 3. The van der Waals surface area contributed by atoms with Crippen molar-refractivity contribution >= 4 is 44.4 Å². The lowest BCUT2D eigenvalue weighted by Gasteiger charge is -2.19. The Kier molecular flexibility index (Phi) is 8.29. The highest BCUT2D eigenvalue weighted by molar-refractivity contribution is 6.13. The SMILES string of the molecule is CC1CC=Cc2ccc(-c3nc(-c4ccc(C5=CCCC=C5)c(-c5ccc6ccccc6c5)c4)nc(-c4cc(-c5ccccc5)cc5oc6ccccc6c45)n3)cc21. The van der Waals surface area contributed by atoms with Crippen molar-refractivity contribution in [3.8, 4) is 56.4 Å². The molecule has 0 bridgehead atoms. The summed E-state index contributed by atoms with van der Waals surface area (Å²) in [6.07, 6.45) is 14.5. The maximum absolute atomic E-state index is 6.56. The number of furan rings is 1. The zero-order valence-corrected chi connectivity index (χ0v) is 32.2. The van der Waals surface area contributed by atoms with Gasteiger partial charge in [0.2, 0.25) is 0 Å². The molecule has 0 saturated heterocycles. The summed E-state index contributed by atoms with van der Waals surface area (Å²) in [5.74, 6) is 2.28. The van der Waals surface area contributed by atoms with Gasteiger partial charge in [-0.05, 0) is 117 Å². The second-order valence-electron chi connectivity index (χ2n) is 15.5. The van der Waals surface area contributed by atoms with Gasteiger partial charge < -0.3 is 4.42 Å². The first-order chi connectivity index (χ1) is 28.6. The van der Waals surface area contributed by atoms with Crippen molar-refractivity contribution in [2.45, 2.75) is 32.1 Å². The molecule has 9 aromatic rings. The van der Waals surface area contributed by atoms with E-state index in [9.17, 15) is 0 Å². The molecule has 0 amide bonds. The quantitative estimate of drug-likeness (QED) is 0.170. The zero-order chi connectivity index (χ0) is 38.6. The number of allylic oxidation sites excluding steroid dienone is 5. The van der Waals surface area contributed by atoms with E-state index in [4.69, 9.17) is 19.4 Å². The molecule has 0 fully saturated rings. The summed E-state index contributed by atoms with van der Waals surface area (Å²) in [7, 11) is 0. The second kappa shape index (κ2) is 14.1. The summed E-state index contributed by atoms with van der Waals surface area (Å²) in [6.45, 7) is 2.29. The molecular weight excluding hydrogens is 707 g/mol. The first-order valence-corrected chi connectivity index (χ1v) is 20.2. The number of nitrogens with zero attached hydrogens (tertiary/aromatic N) is 3. The van der Waals surface area contributed by atoms with Gasteiger partial charge in [0.05, 0.1) is 0 Å². The summed E-state index contributed by atoms with van der Waals surface area (Å²) in [5.41, 5.74) is 13.9. The van der Waals surface area contributed by atoms with Crippen LogP contribution in [0, 0.1) is 0 Å². The Morgan fingerprint density at radius 1 is 0.500 bits per heavy atom. The summed E-state index contributed by atoms with van der Waals surface area (Å²) < 4.78 is 6.56. The van der Waals surface area contributed by atoms with Crippen LogP contribution in [0.5, 0.6) is 0 Å². The molecule has 0 aliphatic heterocycles. The van der Waals surface area contributed by atoms with E-state index in [0.29, 0.717) is 23.4 Å². The lowest BCUT2D eigenvalue weighted by Crippen LogP contribution is -2.04. The monoisotopic (exact) mass is 745 g/mol. The third-order valence-electron chi connectivity index (χ3n) is 11.8. The Morgan fingerprint density at radius 3 is 2.10 bits per heavy atom. The first kappa shape index (κ1) is 34.1. The number of fused-ring (bicyclic) bond motifs is 5. The van der Waals surface area contributed by atoms with Gasteiger partial charge in [0, 0.05) is 27.5 Å². The molecule has 1 unspecified atom stereocenters. The third kappa shape index (κ3) is 6.05. The predicted octanol–water partition coefficient (Wildman–Crippen LogP) is 14.5. The fraction of sp³-hybridized carbons (Fsp3) is 0.0926. The van der Waals surface area contributed by atoms with Crippen LogP contribution < -0.4 is 0 Å². The molecular formula is C54H39N3O. The molecule has 4 nitrogen and oxygen atoms in total. The van der Waals surface area contributed by atoms with Crippen molar-refractivity contribution in [2.75, 3.05) is 0 Å². The second-order valence-corrected chi connectivity index (χ2v) is 15.5. The van der Waals surface area contributed by atoms with Crippen molar-refractivity contribution in [1.29, 1.82) is 0 Å². The fourth-order valence-electron chi connectivity index (χ4n) is 8.75. The van der Waals surface area contributed by atoms with Crippen LogP contribution in [0.4, 0.5) is 0 Å². The van der Waals surface area contributed by atoms with Crippen LogP contribution in [0.15, 0.2) is 174 Å². The molecule has 0 N–H and O–H groups in total. The van der Waals surface area contributed by atoms with E-state index in [-0.39, 0.29) is 0 Å². The van der Waals surface area contributed by atoms with E-state index in [2.05, 4.69) is 165 Å². The minimum atomic E-state index is 0.403. The Balaban J connectivity index is 1.17. The highest BCUT2D eigenvalue weighted by atomic mass is 16.3. The van der Waals surface area contributed by atoms with Gasteiger partial charge in [-0.1, -0.05) is 146 Å². The number of hydrogen-bond acceptors (Lipinski definition) is 4. The first-order valence-electron chi connectivity index (χ1n) is 20.2. The molecule has 2 heterocycles. The summed E-state index contributed by atoms with van der Waals surface area (Å²) in [6, 6.07) is 51.7. The van der Waals surface area contributed by atoms with E-state index in [1.165, 1.54) is 33.0 Å². The molecule has 0 radical (unpaired) electrons. The molecule has 0 saturated carbocycles.